The van der Waals surface area contributed by atoms with Crippen molar-refractivity contribution in [3.05, 3.63) is 188 Å². The Morgan fingerprint density at radius 1 is 0.375 bits per heavy atom. The summed E-state index contributed by atoms with van der Waals surface area (Å²) in [6.45, 7) is 0. The van der Waals surface area contributed by atoms with E-state index in [0.29, 0.717) is 0 Å². The lowest BCUT2D eigenvalue weighted by molar-refractivity contribution is 0.673. The van der Waals surface area contributed by atoms with E-state index in [1.165, 1.54) is 62.4 Å². The van der Waals surface area contributed by atoms with Gasteiger partial charge in [0, 0.05) is 73.6 Å². The SMILES string of the molecule is c1ccc2c(c1)ccc1c2oc2cccc(-c3ccc(N(c4ccc(-c5cccc6c5sc5ccccc56)cc4)c4ccc5c(c4)sc4ccccc45)cc3)c21. The summed E-state index contributed by atoms with van der Waals surface area (Å²) in [7, 11) is 0. The van der Waals surface area contributed by atoms with Gasteiger partial charge in [-0.2, -0.15) is 0 Å². The van der Waals surface area contributed by atoms with Gasteiger partial charge in [-0.1, -0.05) is 127 Å². The van der Waals surface area contributed by atoms with Crippen LogP contribution in [0.3, 0.4) is 0 Å². The first-order chi connectivity index (χ1) is 27.7. The van der Waals surface area contributed by atoms with Crippen molar-refractivity contribution in [2.45, 2.75) is 0 Å². The molecule has 3 aromatic heterocycles. The smallest absolute Gasteiger partial charge is 0.143 e. The summed E-state index contributed by atoms with van der Waals surface area (Å²) in [4.78, 5) is 2.39. The van der Waals surface area contributed by atoms with Crippen LogP contribution in [0.5, 0.6) is 0 Å². The average Bonchev–Trinajstić information content (AvgIpc) is 3.96. The van der Waals surface area contributed by atoms with Crippen LogP contribution in [0.15, 0.2) is 192 Å². The molecular formula is C52H31NOS2. The second kappa shape index (κ2) is 12.4. The number of hydrogen-bond acceptors (Lipinski definition) is 4. The number of anilines is 3. The van der Waals surface area contributed by atoms with Crippen molar-refractivity contribution in [2.24, 2.45) is 0 Å². The van der Waals surface area contributed by atoms with Crippen molar-refractivity contribution < 1.29 is 4.42 Å². The van der Waals surface area contributed by atoms with E-state index in [2.05, 4.69) is 193 Å². The van der Waals surface area contributed by atoms with Gasteiger partial charge in [-0.05, 0) is 88.3 Å². The van der Waals surface area contributed by atoms with E-state index in [1.807, 2.05) is 22.7 Å². The molecule has 9 aromatic carbocycles. The van der Waals surface area contributed by atoms with Gasteiger partial charge in [0.05, 0.1) is 0 Å². The molecule has 0 unspecified atom stereocenters. The molecule has 0 spiro atoms. The molecule has 0 amide bonds. The van der Waals surface area contributed by atoms with Gasteiger partial charge in [0.15, 0.2) is 0 Å². The maximum absolute atomic E-state index is 6.54. The van der Waals surface area contributed by atoms with Gasteiger partial charge in [0.1, 0.15) is 11.2 Å². The summed E-state index contributed by atoms with van der Waals surface area (Å²) in [5.74, 6) is 0. The normalized spacial score (nSPS) is 11.9. The summed E-state index contributed by atoms with van der Waals surface area (Å²) in [5, 5.41) is 9.86. The summed E-state index contributed by atoms with van der Waals surface area (Å²) >= 11 is 3.73. The first kappa shape index (κ1) is 31.6. The van der Waals surface area contributed by atoms with E-state index in [4.69, 9.17) is 4.42 Å². The van der Waals surface area contributed by atoms with Gasteiger partial charge in [-0.15, -0.1) is 22.7 Å². The van der Waals surface area contributed by atoms with Crippen LogP contribution in [0, 0.1) is 0 Å². The molecule has 12 rings (SSSR count). The highest BCUT2D eigenvalue weighted by Gasteiger charge is 2.18. The third-order valence-corrected chi connectivity index (χ3v) is 13.6. The van der Waals surface area contributed by atoms with Crippen LogP contribution >= 0.6 is 22.7 Å². The second-order valence-corrected chi connectivity index (χ2v) is 16.6. The number of rotatable bonds is 5. The molecule has 56 heavy (non-hydrogen) atoms. The Hall–Kier alpha value is -6.72. The molecule has 2 nitrogen and oxygen atoms in total. The largest absolute Gasteiger partial charge is 0.455 e. The minimum Gasteiger partial charge on any atom is -0.455 e. The quantitative estimate of drug-likeness (QED) is 0.174. The maximum Gasteiger partial charge on any atom is 0.143 e. The molecule has 0 saturated carbocycles. The van der Waals surface area contributed by atoms with Crippen molar-refractivity contribution in [3.63, 3.8) is 0 Å². The van der Waals surface area contributed by atoms with Crippen molar-refractivity contribution >= 4 is 113 Å². The molecule has 0 bridgehead atoms. The minimum absolute atomic E-state index is 0.905. The number of thiophene rings is 2. The number of fused-ring (bicyclic) bond motifs is 11. The Morgan fingerprint density at radius 2 is 0.946 bits per heavy atom. The van der Waals surface area contributed by atoms with Crippen LogP contribution in [0.4, 0.5) is 17.1 Å². The lowest BCUT2D eigenvalue weighted by Gasteiger charge is -2.26. The van der Waals surface area contributed by atoms with Crippen molar-refractivity contribution in [1.29, 1.82) is 0 Å². The number of hydrogen-bond donors (Lipinski definition) is 0. The molecule has 0 aliphatic carbocycles. The molecule has 4 heteroatoms. The zero-order valence-corrected chi connectivity index (χ0v) is 31.7. The van der Waals surface area contributed by atoms with Gasteiger partial charge >= 0.3 is 0 Å². The molecule has 3 heterocycles. The van der Waals surface area contributed by atoms with Crippen LogP contribution in [-0.4, -0.2) is 0 Å². The highest BCUT2D eigenvalue weighted by Crippen LogP contribution is 2.45. The Morgan fingerprint density at radius 3 is 1.73 bits per heavy atom. The number of nitrogens with zero attached hydrogens (tertiary/aromatic N) is 1. The molecular weight excluding hydrogens is 719 g/mol. The second-order valence-electron chi connectivity index (χ2n) is 14.4. The standard InChI is InChI=1S/C52H31NOS2/c1-2-10-39-32(9-1)23-29-45-50-38(13-8-16-46(50)54-51(39)45)33-19-24-35(25-20-33)53(37-28-30-43-41-11-3-5-17-47(41)55-49(43)31-37)36-26-21-34(22-27-36)40-14-7-15-44-42-12-4-6-18-48(42)56-52(40)44/h1-31H. The van der Waals surface area contributed by atoms with Crippen LogP contribution in [0.1, 0.15) is 0 Å². The average molecular weight is 750 g/mol. The number of benzene rings is 9. The minimum atomic E-state index is 0.905. The highest BCUT2D eigenvalue weighted by atomic mass is 32.1. The maximum atomic E-state index is 6.54. The van der Waals surface area contributed by atoms with Crippen LogP contribution in [0.25, 0.3) is 95.3 Å². The Balaban J connectivity index is 0.986. The van der Waals surface area contributed by atoms with E-state index in [9.17, 15) is 0 Å². The van der Waals surface area contributed by atoms with E-state index in [0.717, 1.165) is 50.0 Å². The number of furan rings is 1. The summed E-state index contributed by atoms with van der Waals surface area (Å²) in [5.41, 5.74) is 10.00. The fourth-order valence-electron chi connectivity index (χ4n) is 8.65. The van der Waals surface area contributed by atoms with Crippen molar-refractivity contribution in [2.75, 3.05) is 4.90 Å². The first-order valence-corrected chi connectivity index (χ1v) is 20.5. The predicted molar refractivity (Wildman–Crippen MR) is 243 cm³/mol. The van der Waals surface area contributed by atoms with E-state index < -0.39 is 0 Å². The summed E-state index contributed by atoms with van der Waals surface area (Å²) in [6.07, 6.45) is 0. The topological polar surface area (TPSA) is 16.4 Å². The van der Waals surface area contributed by atoms with E-state index in [1.54, 1.807) is 0 Å². The highest BCUT2D eigenvalue weighted by molar-refractivity contribution is 7.26. The fourth-order valence-corrected chi connectivity index (χ4v) is 11.0. The molecule has 262 valence electrons. The molecule has 0 saturated heterocycles. The lowest BCUT2D eigenvalue weighted by atomic mass is 9.98. The fraction of sp³-hybridized carbons (Fsp3) is 0. The van der Waals surface area contributed by atoms with E-state index in [-0.39, 0.29) is 0 Å². The Labute approximate surface area is 330 Å². The zero-order valence-electron chi connectivity index (χ0n) is 30.1. The Bertz CT molecular complexity index is 3480. The summed E-state index contributed by atoms with van der Waals surface area (Å²) in [6, 6.07) is 68.4. The van der Waals surface area contributed by atoms with Crippen molar-refractivity contribution in [3.8, 4) is 22.3 Å². The molecule has 0 aliphatic heterocycles. The third kappa shape index (κ3) is 4.86. The van der Waals surface area contributed by atoms with Gasteiger partial charge in [0.25, 0.3) is 0 Å². The molecule has 0 N–H and O–H groups in total. The zero-order chi connectivity index (χ0) is 36.7. The monoisotopic (exact) mass is 749 g/mol. The van der Waals surface area contributed by atoms with Crippen LogP contribution < -0.4 is 4.90 Å². The lowest BCUT2D eigenvalue weighted by Crippen LogP contribution is -2.09. The molecule has 12 aromatic rings. The third-order valence-electron chi connectivity index (χ3n) is 11.3. The molecule has 0 radical (unpaired) electrons. The predicted octanol–water partition coefficient (Wildman–Crippen LogP) is 16.3. The van der Waals surface area contributed by atoms with Gasteiger partial charge in [-0.3, -0.25) is 0 Å². The molecule has 0 fully saturated rings. The van der Waals surface area contributed by atoms with Gasteiger partial charge in [0.2, 0.25) is 0 Å². The van der Waals surface area contributed by atoms with Gasteiger partial charge < -0.3 is 9.32 Å². The van der Waals surface area contributed by atoms with Crippen LogP contribution in [0.2, 0.25) is 0 Å². The first-order valence-electron chi connectivity index (χ1n) is 18.9. The van der Waals surface area contributed by atoms with E-state index >= 15 is 0 Å². The molecule has 0 aliphatic rings. The van der Waals surface area contributed by atoms with Gasteiger partial charge in [-0.25, -0.2) is 0 Å². The van der Waals surface area contributed by atoms with Crippen molar-refractivity contribution in [1.82, 2.24) is 0 Å². The van der Waals surface area contributed by atoms with Crippen LogP contribution in [-0.2, 0) is 0 Å². The molecule has 0 atom stereocenters. The Kier molecular flexibility index (Phi) is 7.00. The summed E-state index contributed by atoms with van der Waals surface area (Å²) < 4.78 is 11.8.